The van der Waals surface area contributed by atoms with Gasteiger partial charge in [-0.05, 0) is 40.4 Å². The van der Waals surface area contributed by atoms with Gasteiger partial charge in [0.15, 0.2) is 0 Å². The molecule has 7 heteroatoms. The number of hydrogen-bond acceptors (Lipinski definition) is 3. The Labute approximate surface area is 119 Å². The molecule has 3 nitrogen and oxygen atoms in total. The van der Waals surface area contributed by atoms with Crippen LogP contribution in [-0.4, -0.2) is 31.2 Å². The van der Waals surface area contributed by atoms with Crippen LogP contribution in [0.3, 0.4) is 0 Å². The Morgan fingerprint density at radius 1 is 1.59 bits per heavy atom. The first-order chi connectivity index (χ1) is 7.96. The monoisotopic (exact) mass is 357 g/mol. The minimum absolute atomic E-state index is 0.0810. The number of rotatable bonds is 3. The van der Waals surface area contributed by atoms with E-state index in [0.717, 1.165) is 10.2 Å². The van der Waals surface area contributed by atoms with Crippen molar-refractivity contribution in [3.05, 3.63) is 15.9 Å². The van der Waals surface area contributed by atoms with Crippen LogP contribution in [-0.2, 0) is 10.0 Å². The number of alkyl halides is 1. The maximum absolute atomic E-state index is 12.4. The summed E-state index contributed by atoms with van der Waals surface area (Å²) in [7, 11) is -3.37. The van der Waals surface area contributed by atoms with E-state index in [9.17, 15) is 8.42 Å². The van der Waals surface area contributed by atoms with Gasteiger partial charge in [0.05, 0.1) is 3.79 Å². The summed E-state index contributed by atoms with van der Waals surface area (Å²) in [4.78, 5) is 0. The minimum Gasteiger partial charge on any atom is -0.206 e. The van der Waals surface area contributed by atoms with Crippen LogP contribution in [0.5, 0.6) is 0 Å². The van der Waals surface area contributed by atoms with E-state index in [1.807, 2.05) is 6.92 Å². The maximum atomic E-state index is 12.4. The van der Waals surface area contributed by atoms with Gasteiger partial charge in [0.2, 0.25) is 0 Å². The lowest BCUT2D eigenvalue weighted by Crippen LogP contribution is -2.38. The summed E-state index contributed by atoms with van der Waals surface area (Å²) in [5, 5.41) is 0. The molecule has 1 saturated heterocycles. The van der Waals surface area contributed by atoms with Crippen LogP contribution in [0.15, 0.2) is 20.1 Å². The zero-order valence-corrected chi connectivity index (χ0v) is 13.2. The standard InChI is InChI=1S/C10H13BrClNO2S2/c1-7-4-5-13(8(7)6-12)17(14,15)10-3-2-9(11)16-10/h2-3,7-8H,4-6H2,1H3. The molecule has 1 aromatic rings. The smallest absolute Gasteiger partial charge is 0.206 e. The molecule has 1 fully saturated rings. The van der Waals surface area contributed by atoms with Gasteiger partial charge in [0.25, 0.3) is 10.0 Å². The van der Waals surface area contributed by atoms with Crippen molar-refractivity contribution in [3.63, 3.8) is 0 Å². The van der Waals surface area contributed by atoms with Crippen molar-refractivity contribution in [2.45, 2.75) is 23.6 Å². The average molecular weight is 359 g/mol. The van der Waals surface area contributed by atoms with E-state index in [-0.39, 0.29) is 6.04 Å². The Hall–Kier alpha value is 0.380. The lowest BCUT2D eigenvalue weighted by molar-refractivity contribution is 0.376. The molecule has 0 radical (unpaired) electrons. The van der Waals surface area contributed by atoms with Crippen molar-refractivity contribution in [3.8, 4) is 0 Å². The summed E-state index contributed by atoms with van der Waals surface area (Å²) in [6.07, 6.45) is 0.878. The van der Waals surface area contributed by atoms with Crippen molar-refractivity contribution in [2.24, 2.45) is 5.92 Å². The highest BCUT2D eigenvalue weighted by atomic mass is 79.9. The summed E-state index contributed by atoms with van der Waals surface area (Å²) >= 11 is 10.4. The van der Waals surface area contributed by atoms with Gasteiger partial charge in [0.1, 0.15) is 4.21 Å². The second-order valence-corrected chi connectivity index (χ2v) is 9.05. The first kappa shape index (κ1) is 13.8. The van der Waals surface area contributed by atoms with Crippen LogP contribution in [0.25, 0.3) is 0 Å². The maximum Gasteiger partial charge on any atom is 0.252 e. The lowest BCUT2D eigenvalue weighted by atomic mass is 10.1. The molecule has 0 bridgehead atoms. The van der Waals surface area contributed by atoms with E-state index in [1.165, 1.54) is 11.3 Å². The Bertz CT molecular complexity index is 502. The van der Waals surface area contributed by atoms with Crippen LogP contribution in [0.4, 0.5) is 0 Å². The number of sulfonamides is 1. The quantitative estimate of drug-likeness (QED) is 0.778. The molecule has 0 N–H and O–H groups in total. The van der Waals surface area contributed by atoms with Crippen molar-refractivity contribution < 1.29 is 8.42 Å². The molecule has 96 valence electrons. The molecule has 0 aromatic carbocycles. The Balaban J connectivity index is 2.33. The summed E-state index contributed by atoms with van der Waals surface area (Å²) in [6, 6.07) is 3.31. The normalized spacial score (nSPS) is 26.5. The van der Waals surface area contributed by atoms with Crippen molar-refractivity contribution in [1.82, 2.24) is 4.31 Å². The zero-order valence-electron chi connectivity index (χ0n) is 9.27. The second-order valence-electron chi connectivity index (χ2n) is 4.16. The summed E-state index contributed by atoms with van der Waals surface area (Å²) in [5.41, 5.74) is 0. The van der Waals surface area contributed by atoms with E-state index >= 15 is 0 Å². The number of thiophene rings is 1. The summed E-state index contributed by atoms with van der Waals surface area (Å²) < 4.78 is 27.6. The fourth-order valence-electron chi connectivity index (χ4n) is 2.05. The van der Waals surface area contributed by atoms with E-state index in [0.29, 0.717) is 22.6 Å². The van der Waals surface area contributed by atoms with Crippen molar-refractivity contribution >= 4 is 48.9 Å². The number of halogens is 2. The van der Waals surface area contributed by atoms with Crippen molar-refractivity contribution in [2.75, 3.05) is 12.4 Å². The third-order valence-corrected chi connectivity index (χ3v) is 7.43. The van der Waals surface area contributed by atoms with Gasteiger partial charge in [-0.1, -0.05) is 6.92 Å². The Kier molecular flexibility index (Phi) is 4.20. The third kappa shape index (κ3) is 2.56. The molecular formula is C10H13BrClNO2S2. The first-order valence-corrected chi connectivity index (χ1v) is 8.88. The number of nitrogens with zero attached hydrogens (tertiary/aromatic N) is 1. The fourth-order valence-corrected chi connectivity index (χ4v) is 6.48. The Morgan fingerprint density at radius 3 is 2.82 bits per heavy atom. The average Bonchev–Trinajstić information content (AvgIpc) is 2.84. The molecule has 2 rings (SSSR count). The lowest BCUT2D eigenvalue weighted by Gasteiger charge is -2.23. The first-order valence-electron chi connectivity index (χ1n) is 5.30. The van der Waals surface area contributed by atoms with Gasteiger partial charge in [-0.3, -0.25) is 0 Å². The topological polar surface area (TPSA) is 37.4 Å². The summed E-state index contributed by atoms with van der Waals surface area (Å²) in [5.74, 6) is 0.679. The largest absolute Gasteiger partial charge is 0.252 e. The Morgan fingerprint density at radius 2 is 2.29 bits per heavy atom. The van der Waals surface area contributed by atoms with Crippen LogP contribution >= 0.6 is 38.9 Å². The van der Waals surface area contributed by atoms with Gasteiger partial charge in [0, 0.05) is 18.5 Å². The molecule has 1 aliphatic rings. The van der Waals surface area contributed by atoms with Gasteiger partial charge in [-0.2, -0.15) is 4.31 Å². The molecule has 0 aliphatic carbocycles. The van der Waals surface area contributed by atoms with Gasteiger partial charge >= 0.3 is 0 Å². The van der Waals surface area contributed by atoms with E-state index in [2.05, 4.69) is 15.9 Å². The molecule has 1 aliphatic heterocycles. The SMILES string of the molecule is CC1CCN(S(=O)(=O)c2ccc(Br)s2)C1CCl. The highest BCUT2D eigenvalue weighted by Gasteiger charge is 2.39. The fraction of sp³-hybridized carbons (Fsp3) is 0.600. The van der Waals surface area contributed by atoms with Crippen LogP contribution in [0, 0.1) is 5.92 Å². The molecule has 0 saturated carbocycles. The van der Waals surface area contributed by atoms with E-state index in [4.69, 9.17) is 11.6 Å². The summed E-state index contributed by atoms with van der Waals surface area (Å²) in [6.45, 7) is 2.61. The van der Waals surface area contributed by atoms with Crippen LogP contribution in [0.1, 0.15) is 13.3 Å². The second kappa shape index (κ2) is 5.17. The third-order valence-electron chi connectivity index (χ3n) is 3.10. The van der Waals surface area contributed by atoms with E-state index in [1.54, 1.807) is 16.4 Å². The van der Waals surface area contributed by atoms with Crippen LogP contribution in [0.2, 0.25) is 0 Å². The molecule has 0 amide bonds. The zero-order chi connectivity index (χ0) is 12.6. The molecule has 2 atom stereocenters. The molecule has 17 heavy (non-hydrogen) atoms. The number of hydrogen-bond donors (Lipinski definition) is 0. The molecule has 2 heterocycles. The highest BCUT2D eigenvalue weighted by Crippen LogP contribution is 2.34. The van der Waals surface area contributed by atoms with Crippen LogP contribution < -0.4 is 0 Å². The molecular weight excluding hydrogens is 346 g/mol. The minimum atomic E-state index is -3.37. The predicted octanol–water partition coefficient (Wildman–Crippen LogP) is 3.15. The van der Waals surface area contributed by atoms with E-state index < -0.39 is 10.0 Å². The highest BCUT2D eigenvalue weighted by molar-refractivity contribution is 9.11. The molecule has 1 aromatic heterocycles. The van der Waals surface area contributed by atoms with Gasteiger partial charge in [-0.25, -0.2) is 8.42 Å². The van der Waals surface area contributed by atoms with Gasteiger partial charge < -0.3 is 0 Å². The van der Waals surface area contributed by atoms with Crippen molar-refractivity contribution in [1.29, 1.82) is 0 Å². The predicted molar refractivity (Wildman–Crippen MR) is 74.2 cm³/mol. The molecule has 0 spiro atoms. The molecule has 2 unspecified atom stereocenters. The van der Waals surface area contributed by atoms with Gasteiger partial charge in [-0.15, -0.1) is 22.9 Å².